The SMILES string of the molecule is CC[C@@H](C)Oc1ncc(C(=O)N[C@@H]2CCCC[C@H]2O)cc1-c1ccc(Cl)cc1. The third-order valence-corrected chi connectivity index (χ3v) is 5.45. The van der Waals surface area contributed by atoms with Gasteiger partial charge in [-0.1, -0.05) is 43.5 Å². The van der Waals surface area contributed by atoms with Crippen LogP contribution in [0.1, 0.15) is 56.3 Å². The Morgan fingerprint density at radius 2 is 2.04 bits per heavy atom. The van der Waals surface area contributed by atoms with Crippen LogP contribution in [0.5, 0.6) is 5.88 Å². The maximum Gasteiger partial charge on any atom is 0.253 e. The summed E-state index contributed by atoms with van der Waals surface area (Å²) in [7, 11) is 0. The number of nitrogens with zero attached hydrogens (tertiary/aromatic N) is 1. The summed E-state index contributed by atoms with van der Waals surface area (Å²) in [5.74, 6) is 0.259. The first kappa shape index (κ1) is 20.6. The van der Waals surface area contributed by atoms with Crippen molar-refractivity contribution >= 4 is 17.5 Å². The van der Waals surface area contributed by atoms with Crippen LogP contribution in [-0.2, 0) is 0 Å². The van der Waals surface area contributed by atoms with E-state index >= 15 is 0 Å². The van der Waals surface area contributed by atoms with Gasteiger partial charge in [0.15, 0.2) is 0 Å². The Balaban J connectivity index is 1.89. The number of aliphatic hydroxyl groups excluding tert-OH is 1. The Morgan fingerprint density at radius 3 is 2.71 bits per heavy atom. The summed E-state index contributed by atoms with van der Waals surface area (Å²) in [4.78, 5) is 17.2. The first-order valence-electron chi connectivity index (χ1n) is 9.89. The molecular formula is C22H27ClN2O3. The van der Waals surface area contributed by atoms with E-state index < -0.39 is 6.10 Å². The number of nitrogens with one attached hydrogen (secondary N) is 1. The Kier molecular flexibility index (Phi) is 6.92. The molecule has 5 nitrogen and oxygen atoms in total. The third kappa shape index (κ3) is 5.03. The summed E-state index contributed by atoms with van der Waals surface area (Å²) < 4.78 is 5.97. The van der Waals surface area contributed by atoms with Gasteiger partial charge in [0, 0.05) is 16.8 Å². The Labute approximate surface area is 171 Å². The van der Waals surface area contributed by atoms with Crippen LogP contribution in [-0.4, -0.2) is 34.2 Å². The molecule has 0 bridgehead atoms. The molecule has 1 saturated carbocycles. The zero-order valence-electron chi connectivity index (χ0n) is 16.3. The van der Waals surface area contributed by atoms with Crippen molar-refractivity contribution in [2.24, 2.45) is 0 Å². The minimum Gasteiger partial charge on any atom is -0.474 e. The van der Waals surface area contributed by atoms with Crippen LogP contribution >= 0.6 is 11.6 Å². The fourth-order valence-corrected chi connectivity index (χ4v) is 3.44. The number of aliphatic hydroxyl groups is 1. The fraction of sp³-hybridized carbons (Fsp3) is 0.455. The molecule has 1 amide bonds. The minimum absolute atomic E-state index is 0.00983. The molecule has 0 aliphatic heterocycles. The van der Waals surface area contributed by atoms with Crippen molar-refractivity contribution < 1.29 is 14.6 Å². The Hall–Kier alpha value is -2.11. The predicted octanol–water partition coefficient (Wildman–Crippen LogP) is 4.61. The van der Waals surface area contributed by atoms with Crippen LogP contribution in [0.4, 0.5) is 0 Å². The molecule has 0 unspecified atom stereocenters. The Bertz CT molecular complexity index is 810. The number of halogens is 1. The van der Waals surface area contributed by atoms with Gasteiger partial charge >= 0.3 is 0 Å². The molecule has 2 aromatic rings. The number of aromatic nitrogens is 1. The molecular weight excluding hydrogens is 376 g/mol. The lowest BCUT2D eigenvalue weighted by atomic mass is 9.92. The highest BCUT2D eigenvalue weighted by molar-refractivity contribution is 6.30. The minimum atomic E-state index is -0.491. The average Bonchev–Trinajstić information content (AvgIpc) is 2.70. The van der Waals surface area contributed by atoms with Crippen LogP contribution in [0.15, 0.2) is 36.5 Å². The molecule has 2 N–H and O–H groups in total. The van der Waals surface area contributed by atoms with Gasteiger partial charge in [-0.2, -0.15) is 0 Å². The molecule has 1 aliphatic rings. The van der Waals surface area contributed by atoms with Crippen LogP contribution < -0.4 is 10.1 Å². The molecule has 0 spiro atoms. The maximum absolute atomic E-state index is 12.8. The van der Waals surface area contributed by atoms with E-state index in [9.17, 15) is 9.90 Å². The zero-order valence-corrected chi connectivity index (χ0v) is 17.1. The number of benzene rings is 1. The lowest BCUT2D eigenvalue weighted by molar-refractivity contribution is 0.0717. The van der Waals surface area contributed by atoms with Crippen molar-refractivity contribution in [3.63, 3.8) is 0 Å². The number of carbonyl (C=O) groups excluding carboxylic acids is 1. The molecule has 1 aromatic heterocycles. The van der Waals surface area contributed by atoms with Crippen LogP contribution in [0, 0.1) is 0 Å². The van der Waals surface area contributed by atoms with Gasteiger partial charge in [0.1, 0.15) is 0 Å². The summed E-state index contributed by atoms with van der Waals surface area (Å²) in [6, 6.07) is 8.95. The lowest BCUT2D eigenvalue weighted by Gasteiger charge is -2.28. The van der Waals surface area contributed by atoms with E-state index in [1.54, 1.807) is 18.2 Å². The molecule has 1 aliphatic carbocycles. The largest absolute Gasteiger partial charge is 0.474 e. The standard InChI is InChI=1S/C22H27ClN2O3/c1-3-14(2)28-22-18(15-8-10-17(23)11-9-15)12-16(13-24-22)21(27)25-19-6-4-5-7-20(19)26/h8-14,19-20,26H,3-7H2,1-2H3,(H,25,27)/t14-,19-,20-/m1/s1. The highest BCUT2D eigenvalue weighted by Gasteiger charge is 2.25. The average molecular weight is 403 g/mol. The van der Waals surface area contributed by atoms with Gasteiger partial charge in [0.05, 0.1) is 23.8 Å². The number of pyridine rings is 1. The number of amides is 1. The van der Waals surface area contributed by atoms with Gasteiger partial charge in [0.2, 0.25) is 5.88 Å². The fourth-order valence-electron chi connectivity index (χ4n) is 3.31. The second kappa shape index (κ2) is 9.39. The van der Waals surface area contributed by atoms with E-state index in [-0.39, 0.29) is 18.1 Å². The molecule has 0 radical (unpaired) electrons. The first-order chi connectivity index (χ1) is 13.5. The molecule has 1 aromatic carbocycles. The normalized spacial score (nSPS) is 20.4. The van der Waals surface area contributed by atoms with E-state index in [4.69, 9.17) is 16.3 Å². The number of hydrogen-bond donors (Lipinski definition) is 2. The molecule has 6 heteroatoms. The first-order valence-corrected chi connectivity index (χ1v) is 10.3. The van der Waals surface area contributed by atoms with Crippen molar-refractivity contribution in [3.8, 4) is 17.0 Å². The van der Waals surface area contributed by atoms with Crippen molar-refractivity contribution in [1.82, 2.24) is 10.3 Å². The summed E-state index contributed by atoms with van der Waals surface area (Å²) in [6.07, 6.45) is 5.42. The molecule has 3 rings (SSSR count). The predicted molar refractivity (Wildman–Crippen MR) is 111 cm³/mol. The van der Waals surface area contributed by atoms with E-state index in [0.717, 1.165) is 43.2 Å². The van der Waals surface area contributed by atoms with Gasteiger partial charge in [-0.05, 0) is 49.9 Å². The summed E-state index contributed by atoms with van der Waals surface area (Å²) in [6.45, 7) is 4.03. The van der Waals surface area contributed by atoms with Crippen molar-refractivity contribution in [3.05, 3.63) is 47.1 Å². The van der Waals surface area contributed by atoms with Gasteiger partial charge in [-0.25, -0.2) is 4.98 Å². The Morgan fingerprint density at radius 1 is 1.32 bits per heavy atom. The number of hydrogen-bond acceptors (Lipinski definition) is 4. The molecule has 0 saturated heterocycles. The second-order valence-corrected chi connectivity index (χ2v) is 7.79. The summed E-state index contributed by atoms with van der Waals surface area (Å²) in [5.41, 5.74) is 2.07. The van der Waals surface area contributed by atoms with Crippen molar-refractivity contribution in [1.29, 1.82) is 0 Å². The molecule has 28 heavy (non-hydrogen) atoms. The van der Waals surface area contributed by atoms with Crippen LogP contribution in [0.3, 0.4) is 0 Å². The van der Waals surface area contributed by atoms with Gasteiger partial charge in [0.25, 0.3) is 5.91 Å². The highest BCUT2D eigenvalue weighted by Crippen LogP contribution is 2.31. The molecule has 3 atom stereocenters. The van der Waals surface area contributed by atoms with Crippen molar-refractivity contribution in [2.75, 3.05) is 0 Å². The zero-order chi connectivity index (χ0) is 20.1. The van der Waals surface area contributed by atoms with Crippen molar-refractivity contribution in [2.45, 2.75) is 64.2 Å². The number of ether oxygens (including phenoxy) is 1. The van der Waals surface area contributed by atoms with E-state index in [2.05, 4.69) is 10.3 Å². The highest BCUT2D eigenvalue weighted by atomic mass is 35.5. The maximum atomic E-state index is 12.8. The lowest BCUT2D eigenvalue weighted by Crippen LogP contribution is -2.45. The number of carbonyl (C=O) groups is 1. The quantitative estimate of drug-likeness (QED) is 0.739. The third-order valence-electron chi connectivity index (χ3n) is 5.20. The van der Waals surface area contributed by atoms with E-state index in [1.165, 1.54) is 6.20 Å². The van der Waals surface area contributed by atoms with Gasteiger partial charge < -0.3 is 15.2 Å². The van der Waals surface area contributed by atoms with Crippen LogP contribution in [0.2, 0.25) is 5.02 Å². The van der Waals surface area contributed by atoms with Crippen LogP contribution in [0.25, 0.3) is 11.1 Å². The smallest absolute Gasteiger partial charge is 0.253 e. The molecule has 1 fully saturated rings. The second-order valence-electron chi connectivity index (χ2n) is 7.35. The van der Waals surface area contributed by atoms with Gasteiger partial charge in [-0.15, -0.1) is 0 Å². The topological polar surface area (TPSA) is 71.5 Å². The summed E-state index contributed by atoms with van der Waals surface area (Å²) in [5, 5.41) is 13.7. The molecule has 1 heterocycles. The van der Waals surface area contributed by atoms with Gasteiger partial charge in [-0.3, -0.25) is 4.79 Å². The summed E-state index contributed by atoms with van der Waals surface area (Å²) >= 11 is 6.01. The van der Waals surface area contributed by atoms with E-state index in [1.807, 2.05) is 26.0 Å². The van der Waals surface area contributed by atoms with E-state index in [0.29, 0.717) is 16.5 Å². The monoisotopic (exact) mass is 402 g/mol. The number of rotatable bonds is 6. The molecule has 150 valence electrons.